The first-order valence-corrected chi connectivity index (χ1v) is 21.2. The highest BCUT2D eigenvalue weighted by Gasteiger charge is 2.21. The van der Waals surface area contributed by atoms with Gasteiger partial charge in [0.25, 0.3) is 0 Å². The van der Waals surface area contributed by atoms with Crippen LogP contribution in [0.3, 0.4) is 0 Å². The van der Waals surface area contributed by atoms with Gasteiger partial charge in [-0.15, -0.1) is 0 Å². The van der Waals surface area contributed by atoms with Crippen LogP contribution in [0, 0.1) is 0 Å². The molecule has 0 aliphatic heterocycles. The zero-order chi connectivity index (χ0) is 37.0. The van der Waals surface area contributed by atoms with Crippen LogP contribution in [0.15, 0.2) is 42.5 Å². The predicted molar refractivity (Wildman–Crippen MR) is 220 cm³/mol. The van der Waals surface area contributed by atoms with Gasteiger partial charge in [0.05, 0.1) is 6.10 Å². The van der Waals surface area contributed by atoms with E-state index in [9.17, 15) is 5.11 Å². The maximum Gasteiger partial charge on any atom is 0.123 e. The molecule has 284 valence electrons. The lowest BCUT2D eigenvalue weighted by Gasteiger charge is -2.25. The molecular formula is C48H74O3. The molecule has 0 spiro atoms. The zero-order valence-corrected chi connectivity index (χ0v) is 34.1. The van der Waals surface area contributed by atoms with Crippen molar-refractivity contribution in [2.45, 2.75) is 196 Å². The summed E-state index contributed by atoms with van der Waals surface area (Å²) in [5.74, 6) is 2.45. The third-order valence-corrected chi connectivity index (χ3v) is 10.6. The van der Waals surface area contributed by atoms with Gasteiger partial charge in [0.1, 0.15) is 23.4 Å². The Balaban J connectivity index is 1.86. The molecule has 0 aliphatic carbocycles. The third-order valence-electron chi connectivity index (χ3n) is 10.6. The standard InChI is InChI=1S/C48H74O3/c1-9-15-22-38-30-32-47(43(27-19-13-5)41(38)25-17-11-3)50-36(7)34-40-24-21-29-46(49)45(40)35-37(8)51-48-33-31-39(23-16-10-2)42(26-18-12-4)44(48)28-20-14-6/h21,24,29-33,36-37,49H,9-20,22-23,25-28,34-35H2,1-8H3. The second kappa shape index (κ2) is 23.6. The number of phenols is 1. The first kappa shape index (κ1) is 42.5. The van der Waals surface area contributed by atoms with Gasteiger partial charge in [0, 0.05) is 18.4 Å². The second-order valence-electron chi connectivity index (χ2n) is 15.2. The average molecular weight is 699 g/mol. The molecule has 2 atom stereocenters. The predicted octanol–water partition coefficient (Wildman–Crippen LogP) is 13.5. The van der Waals surface area contributed by atoms with Crippen molar-refractivity contribution in [3.63, 3.8) is 0 Å². The molecule has 1 N–H and O–H groups in total. The Morgan fingerprint density at radius 2 is 0.824 bits per heavy atom. The highest BCUT2D eigenvalue weighted by atomic mass is 16.5. The number of benzene rings is 3. The largest absolute Gasteiger partial charge is 0.508 e. The quantitative estimate of drug-likeness (QED) is 0.0907. The number of rotatable bonds is 26. The molecule has 3 rings (SSSR count). The summed E-state index contributed by atoms with van der Waals surface area (Å²) in [5, 5.41) is 11.2. The van der Waals surface area contributed by atoms with Gasteiger partial charge in [-0.2, -0.15) is 0 Å². The molecule has 0 saturated carbocycles. The van der Waals surface area contributed by atoms with Gasteiger partial charge < -0.3 is 14.6 Å². The summed E-state index contributed by atoms with van der Waals surface area (Å²) < 4.78 is 13.7. The van der Waals surface area contributed by atoms with E-state index < -0.39 is 0 Å². The van der Waals surface area contributed by atoms with Crippen LogP contribution in [0.1, 0.15) is 177 Å². The first-order chi connectivity index (χ1) is 24.8. The lowest BCUT2D eigenvalue weighted by molar-refractivity contribution is 0.212. The highest BCUT2D eigenvalue weighted by Crippen LogP contribution is 2.34. The Kier molecular flexibility index (Phi) is 19.6. The normalized spacial score (nSPS) is 12.6. The maximum absolute atomic E-state index is 11.2. The van der Waals surface area contributed by atoms with Crippen LogP contribution in [0.4, 0.5) is 0 Å². The van der Waals surface area contributed by atoms with Crippen molar-refractivity contribution < 1.29 is 14.6 Å². The lowest BCUT2D eigenvalue weighted by atomic mass is 9.90. The molecule has 2 unspecified atom stereocenters. The second-order valence-corrected chi connectivity index (χ2v) is 15.2. The Bertz CT molecular complexity index is 1420. The van der Waals surface area contributed by atoms with Gasteiger partial charge in [-0.05, 0) is 148 Å². The average Bonchev–Trinajstić information content (AvgIpc) is 3.12. The Hall–Kier alpha value is -2.94. The fourth-order valence-electron chi connectivity index (χ4n) is 7.61. The summed E-state index contributed by atoms with van der Waals surface area (Å²) in [5.41, 5.74) is 11.1. The minimum Gasteiger partial charge on any atom is -0.508 e. The topological polar surface area (TPSA) is 38.7 Å². The Labute approximate surface area is 314 Å². The van der Waals surface area contributed by atoms with Crippen molar-refractivity contribution in [1.82, 2.24) is 0 Å². The first-order valence-electron chi connectivity index (χ1n) is 21.2. The van der Waals surface area contributed by atoms with E-state index in [1.807, 2.05) is 12.1 Å². The van der Waals surface area contributed by atoms with Crippen LogP contribution < -0.4 is 9.47 Å². The lowest BCUT2D eigenvalue weighted by Crippen LogP contribution is -2.21. The SMILES string of the molecule is CCCCc1ccc(OC(C)Cc2cccc(O)c2CC(C)Oc2ccc(CCCC)c(CCCC)c2CCCC)c(CCCC)c1CCCC. The van der Waals surface area contributed by atoms with Crippen LogP contribution in [-0.2, 0) is 51.4 Å². The summed E-state index contributed by atoms with van der Waals surface area (Å²) in [6.45, 7) is 18.1. The van der Waals surface area contributed by atoms with E-state index in [2.05, 4.69) is 85.7 Å². The van der Waals surface area contributed by atoms with Crippen LogP contribution in [-0.4, -0.2) is 17.3 Å². The number of aromatic hydroxyl groups is 1. The minimum absolute atomic E-state index is 0.0277. The maximum atomic E-state index is 11.2. The molecule has 0 fully saturated rings. The van der Waals surface area contributed by atoms with Crippen LogP contribution in [0.25, 0.3) is 0 Å². The molecule has 0 heterocycles. The van der Waals surface area contributed by atoms with E-state index in [4.69, 9.17) is 9.47 Å². The molecule has 0 aromatic heterocycles. The van der Waals surface area contributed by atoms with Crippen LogP contribution in [0.2, 0.25) is 0 Å². The molecule has 3 nitrogen and oxygen atoms in total. The fourth-order valence-corrected chi connectivity index (χ4v) is 7.61. The van der Waals surface area contributed by atoms with Crippen molar-refractivity contribution in [2.75, 3.05) is 0 Å². The zero-order valence-electron chi connectivity index (χ0n) is 34.1. The van der Waals surface area contributed by atoms with E-state index in [1.165, 1.54) is 105 Å². The molecule has 0 bridgehead atoms. The summed E-state index contributed by atoms with van der Waals surface area (Å²) in [6, 6.07) is 15.1. The molecule has 3 aromatic carbocycles. The molecule has 0 aliphatic rings. The van der Waals surface area contributed by atoms with E-state index in [0.717, 1.165) is 67.6 Å². The number of hydrogen-bond acceptors (Lipinski definition) is 3. The fraction of sp³-hybridized carbons (Fsp3) is 0.625. The molecule has 51 heavy (non-hydrogen) atoms. The smallest absolute Gasteiger partial charge is 0.123 e. The molecule has 0 radical (unpaired) electrons. The van der Waals surface area contributed by atoms with Crippen LogP contribution in [0.5, 0.6) is 17.2 Å². The number of hydrogen-bond donors (Lipinski definition) is 1. The van der Waals surface area contributed by atoms with E-state index in [0.29, 0.717) is 12.2 Å². The summed E-state index contributed by atoms with van der Waals surface area (Å²) in [7, 11) is 0. The Morgan fingerprint density at radius 1 is 0.431 bits per heavy atom. The monoisotopic (exact) mass is 699 g/mol. The Morgan fingerprint density at radius 3 is 1.25 bits per heavy atom. The summed E-state index contributed by atoms with van der Waals surface area (Å²) >= 11 is 0. The minimum atomic E-state index is -0.0772. The molecule has 3 heteroatoms. The number of ether oxygens (including phenoxy) is 2. The molecule has 3 aromatic rings. The van der Waals surface area contributed by atoms with Crippen molar-refractivity contribution in [3.05, 3.63) is 87.0 Å². The summed E-state index contributed by atoms with van der Waals surface area (Å²) in [4.78, 5) is 0. The van der Waals surface area contributed by atoms with Gasteiger partial charge in [0.15, 0.2) is 0 Å². The molecule has 0 saturated heterocycles. The number of aryl methyl sites for hydroxylation is 2. The highest BCUT2D eigenvalue weighted by molar-refractivity contribution is 5.48. The third kappa shape index (κ3) is 13.2. The van der Waals surface area contributed by atoms with Crippen molar-refractivity contribution >= 4 is 0 Å². The number of phenolic OH excluding ortho intramolecular Hbond substituents is 1. The van der Waals surface area contributed by atoms with Gasteiger partial charge in [-0.1, -0.05) is 104 Å². The van der Waals surface area contributed by atoms with Crippen molar-refractivity contribution in [3.8, 4) is 17.2 Å². The van der Waals surface area contributed by atoms with Gasteiger partial charge in [-0.3, -0.25) is 0 Å². The van der Waals surface area contributed by atoms with E-state index in [1.54, 1.807) is 5.56 Å². The van der Waals surface area contributed by atoms with Crippen molar-refractivity contribution in [2.24, 2.45) is 0 Å². The van der Waals surface area contributed by atoms with E-state index >= 15 is 0 Å². The van der Waals surface area contributed by atoms with Gasteiger partial charge in [0.2, 0.25) is 0 Å². The molecular weight excluding hydrogens is 625 g/mol. The van der Waals surface area contributed by atoms with Gasteiger partial charge >= 0.3 is 0 Å². The van der Waals surface area contributed by atoms with Crippen LogP contribution >= 0.6 is 0 Å². The van der Waals surface area contributed by atoms with Gasteiger partial charge in [-0.25, -0.2) is 0 Å². The summed E-state index contributed by atoms with van der Waals surface area (Å²) in [6.07, 6.45) is 22.4. The van der Waals surface area contributed by atoms with E-state index in [-0.39, 0.29) is 12.2 Å². The van der Waals surface area contributed by atoms with Crippen molar-refractivity contribution in [1.29, 1.82) is 0 Å². The molecule has 0 amide bonds. The number of unbranched alkanes of at least 4 members (excludes halogenated alkanes) is 6.